The topological polar surface area (TPSA) is 89.3 Å². The van der Waals surface area contributed by atoms with Crippen molar-refractivity contribution in [2.45, 2.75) is 118 Å². The Balaban J connectivity index is 1.61. The fourth-order valence-electron chi connectivity index (χ4n) is 10.7. The monoisotopic (exact) mass is 496 g/mol. The average Bonchev–Trinajstić information content (AvgIpc) is 3.26. The number of hydrogen-bond acceptors (Lipinski definition) is 4. The SMILES string of the molecule is CC(C)NC(=O)C(=O)C12CCC3C(N)(CCC4C5(C)CCC(C)C5CCC34C)C1=C(C(C)C)C(=O)C2. The van der Waals surface area contributed by atoms with Gasteiger partial charge in [0.1, 0.15) is 0 Å². The molecule has 0 aromatic heterocycles. The summed E-state index contributed by atoms with van der Waals surface area (Å²) in [6.07, 6.45) is 8.43. The molecule has 0 aromatic carbocycles. The van der Waals surface area contributed by atoms with Crippen LogP contribution in [0.25, 0.3) is 0 Å². The molecular formula is C31H48N2O3. The highest BCUT2D eigenvalue weighted by Gasteiger charge is 2.70. The maximum absolute atomic E-state index is 13.9. The fraction of sp³-hybridized carbons (Fsp3) is 0.839. The first-order valence-corrected chi connectivity index (χ1v) is 14.6. The van der Waals surface area contributed by atoms with Crippen LogP contribution in [0.15, 0.2) is 11.1 Å². The summed E-state index contributed by atoms with van der Waals surface area (Å²) < 4.78 is 0. The molecule has 3 N–H and O–H groups in total. The van der Waals surface area contributed by atoms with Gasteiger partial charge >= 0.3 is 0 Å². The van der Waals surface area contributed by atoms with E-state index in [2.05, 4.69) is 26.1 Å². The third-order valence-corrected chi connectivity index (χ3v) is 12.0. The highest BCUT2D eigenvalue weighted by Crippen LogP contribution is 2.72. The molecule has 0 heterocycles. The first-order valence-electron chi connectivity index (χ1n) is 14.6. The summed E-state index contributed by atoms with van der Waals surface area (Å²) in [6, 6.07) is -0.130. The van der Waals surface area contributed by atoms with Crippen LogP contribution in [-0.2, 0) is 14.4 Å². The first kappa shape index (κ1) is 26.1. The standard InChI is InChI=1S/C31H48N2O3/c1-17(2)24-21(34)16-30(26(35)27(36)33-18(3)4)14-10-23-29(7)13-9-20-19(5)8-12-28(20,6)22(29)11-15-31(23,32)25(24)30/h17-20,22-23H,8-16,32H2,1-7H3,(H,33,36). The van der Waals surface area contributed by atoms with Gasteiger partial charge in [-0.05, 0) is 117 Å². The lowest BCUT2D eigenvalue weighted by Gasteiger charge is -2.67. The Morgan fingerprint density at radius 1 is 0.917 bits per heavy atom. The molecule has 0 spiro atoms. The van der Waals surface area contributed by atoms with Crippen LogP contribution in [-0.4, -0.2) is 29.1 Å². The van der Waals surface area contributed by atoms with Crippen molar-refractivity contribution >= 4 is 17.5 Å². The summed E-state index contributed by atoms with van der Waals surface area (Å²) in [6.45, 7) is 15.3. The molecular weight excluding hydrogens is 448 g/mol. The van der Waals surface area contributed by atoms with Crippen molar-refractivity contribution in [3.8, 4) is 0 Å². The molecule has 5 rings (SSSR count). The first-order chi connectivity index (χ1) is 16.7. The number of hydrogen-bond donors (Lipinski definition) is 2. The molecule has 0 saturated heterocycles. The van der Waals surface area contributed by atoms with Gasteiger partial charge in [-0.3, -0.25) is 14.4 Å². The largest absolute Gasteiger partial charge is 0.347 e. The Morgan fingerprint density at radius 2 is 1.56 bits per heavy atom. The van der Waals surface area contributed by atoms with Gasteiger partial charge in [-0.2, -0.15) is 0 Å². The molecule has 0 radical (unpaired) electrons. The van der Waals surface area contributed by atoms with Crippen LogP contribution in [0.3, 0.4) is 0 Å². The molecule has 4 fully saturated rings. The Bertz CT molecular complexity index is 1030. The smallest absolute Gasteiger partial charge is 0.288 e. The highest BCUT2D eigenvalue weighted by atomic mass is 16.2. The molecule has 0 aromatic rings. The number of ketones is 2. The van der Waals surface area contributed by atoms with Gasteiger partial charge in [-0.25, -0.2) is 0 Å². The van der Waals surface area contributed by atoms with Crippen LogP contribution in [0.1, 0.15) is 106 Å². The lowest BCUT2D eigenvalue weighted by molar-refractivity contribution is -0.153. The molecule has 5 aliphatic carbocycles. The van der Waals surface area contributed by atoms with Gasteiger partial charge in [-0.1, -0.05) is 34.6 Å². The summed E-state index contributed by atoms with van der Waals surface area (Å²) in [5.74, 6) is 1.48. The average molecular weight is 497 g/mol. The van der Waals surface area contributed by atoms with E-state index >= 15 is 0 Å². The second-order valence-corrected chi connectivity index (χ2v) is 14.5. The van der Waals surface area contributed by atoms with Gasteiger partial charge < -0.3 is 11.1 Å². The second kappa shape index (κ2) is 8.25. The maximum Gasteiger partial charge on any atom is 0.288 e. The van der Waals surface area contributed by atoms with E-state index in [1.54, 1.807) is 0 Å². The van der Waals surface area contributed by atoms with Crippen molar-refractivity contribution in [3.05, 3.63) is 11.1 Å². The minimum atomic E-state index is -1.06. The van der Waals surface area contributed by atoms with Crippen LogP contribution >= 0.6 is 0 Å². The molecule has 8 unspecified atom stereocenters. The number of carbonyl (C=O) groups is 3. The van der Waals surface area contributed by atoms with E-state index < -0.39 is 22.6 Å². The lowest BCUT2D eigenvalue weighted by atomic mass is 9.38. The lowest BCUT2D eigenvalue weighted by Crippen LogP contribution is -2.68. The predicted molar refractivity (Wildman–Crippen MR) is 142 cm³/mol. The van der Waals surface area contributed by atoms with Gasteiger partial charge in [-0.15, -0.1) is 0 Å². The molecule has 8 atom stereocenters. The summed E-state index contributed by atoms with van der Waals surface area (Å²) >= 11 is 0. The molecule has 5 heteroatoms. The molecule has 200 valence electrons. The fourth-order valence-corrected chi connectivity index (χ4v) is 10.7. The number of fused-ring (bicyclic) bond motifs is 7. The normalized spacial score (nSPS) is 45.9. The van der Waals surface area contributed by atoms with E-state index in [-0.39, 0.29) is 35.5 Å². The molecule has 0 aliphatic heterocycles. The van der Waals surface area contributed by atoms with Crippen molar-refractivity contribution in [1.29, 1.82) is 0 Å². The zero-order valence-corrected chi connectivity index (χ0v) is 23.6. The zero-order chi connectivity index (χ0) is 26.4. The van der Waals surface area contributed by atoms with Gasteiger partial charge in [0.15, 0.2) is 5.78 Å². The van der Waals surface area contributed by atoms with Crippen molar-refractivity contribution in [3.63, 3.8) is 0 Å². The summed E-state index contributed by atoms with van der Waals surface area (Å²) in [5.41, 5.74) is 7.88. The second-order valence-electron chi connectivity index (χ2n) is 14.5. The minimum Gasteiger partial charge on any atom is -0.347 e. The highest BCUT2D eigenvalue weighted by molar-refractivity contribution is 6.40. The van der Waals surface area contributed by atoms with Gasteiger partial charge in [0.2, 0.25) is 5.78 Å². The number of nitrogens with one attached hydrogen (secondary N) is 1. The third kappa shape index (κ3) is 3.26. The Morgan fingerprint density at radius 3 is 2.19 bits per heavy atom. The number of amides is 1. The number of carbonyl (C=O) groups excluding carboxylic acids is 3. The zero-order valence-electron chi connectivity index (χ0n) is 23.6. The van der Waals surface area contributed by atoms with E-state index in [1.807, 2.05) is 27.7 Å². The molecule has 1 amide bonds. The van der Waals surface area contributed by atoms with Crippen molar-refractivity contribution < 1.29 is 14.4 Å². The van der Waals surface area contributed by atoms with Crippen LogP contribution < -0.4 is 11.1 Å². The van der Waals surface area contributed by atoms with E-state index in [1.165, 1.54) is 25.7 Å². The summed E-state index contributed by atoms with van der Waals surface area (Å²) in [7, 11) is 0. The molecule has 5 aliphatic rings. The quantitative estimate of drug-likeness (QED) is 0.513. The van der Waals surface area contributed by atoms with E-state index in [9.17, 15) is 14.4 Å². The summed E-state index contributed by atoms with van der Waals surface area (Å²) in [5, 5.41) is 2.81. The summed E-state index contributed by atoms with van der Waals surface area (Å²) in [4.78, 5) is 40.6. The molecule has 5 nitrogen and oxygen atoms in total. The van der Waals surface area contributed by atoms with E-state index in [0.717, 1.165) is 42.2 Å². The molecule has 36 heavy (non-hydrogen) atoms. The Labute approximate surface area is 217 Å². The maximum atomic E-state index is 13.9. The predicted octanol–water partition coefficient (Wildman–Crippen LogP) is 5.36. The number of allylic oxidation sites excluding steroid dienone is 1. The Hall–Kier alpha value is -1.49. The number of rotatable bonds is 4. The van der Waals surface area contributed by atoms with Crippen LogP contribution in [0, 0.1) is 45.8 Å². The third-order valence-electron chi connectivity index (χ3n) is 12.0. The minimum absolute atomic E-state index is 0.0102. The van der Waals surface area contributed by atoms with Crippen LogP contribution in [0.4, 0.5) is 0 Å². The Kier molecular flexibility index (Phi) is 5.99. The number of nitrogens with two attached hydrogens (primary N) is 1. The van der Waals surface area contributed by atoms with Crippen molar-refractivity contribution in [2.24, 2.45) is 51.6 Å². The van der Waals surface area contributed by atoms with Crippen LogP contribution in [0.2, 0.25) is 0 Å². The van der Waals surface area contributed by atoms with Crippen LogP contribution in [0.5, 0.6) is 0 Å². The van der Waals surface area contributed by atoms with Crippen molar-refractivity contribution in [2.75, 3.05) is 0 Å². The van der Waals surface area contributed by atoms with Crippen molar-refractivity contribution in [1.82, 2.24) is 5.32 Å². The van der Waals surface area contributed by atoms with E-state index in [0.29, 0.717) is 17.8 Å². The molecule has 0 bridgehead atoms. The van der Waals surface area contributed by atoms with Gasteiger partial charge in [0, 0.05) is 18.0 Å². The molecule has 4 saturated carbocycles. The van der Waals surface area contributed by atoms with Gasteiger partial charge in [0.25, 0.3) is 5.91 Å². The van der Waals surface area contributed by atoms with Gasteiger partial charge in [0.05, 0.1) is 5.41 Å². The number of Topliss-reactive ketones (excluding diaryl/α,β-unsaturated/α-hetero) is 2. The van der Waals surface area contributed by atoms with E-state index in [4.69, 9.17) is 5.73 Å².